The summed E-state index contributed by atoms with van der Waals surface area (Å²) in [5, 5.41) is 17.7. The molecule has 4 rings (SSSR count). The molecule has 0 aliphatic carbocycles. The van der Waals surface area contributed by atoms with Gasteiger partial charge in [0.2, 0.25) is 0 Å². The second-order valence-electron chi connectivity index (χ2n) is 8.53. The third kappa shape index (κ3) is 3.91. The zero-order chi connectivity index (χ0) is 23.0. The third-order valence-electron chi connectivity index (χ3n) is 6.59. The number of likely N-dealkylation sites (N-methyl/N-ethyl adjacent to an activating group) is 1. The number of hydrogen-bond acceptors (Lipinski definition) is 4. The van der Waals surface area contributed by atoms with Gasteiger partial charge in [-0.15, -0.1) is 0 Å². The molecule has 32 heavy (non-hydrogen) atoms. The van der Waals surface area contributed by atoms with Gasteiger partial charge < -0.3 is 15.7 Å². The van der Waals surface area contributed by atoms with E-state index < -0.39 is 17.7 Å². The van der Waals surface area contributed by atoms with Gasteiger partial charge in [0.05, 0.1) is 5.69 Å². The van der Waals surface area contributed by atoms with E-state index in [1.807, 2.05) is 26.0 Å². The van der Waals surface area contributed by atoms with Crippen LogP contribution in [0.15, 0.2) is 40.9 Å². The summed E-state index contributed by atoms with van der Waals surface area (Å²) in [5.41, 5.74) is 1.00. The number of aryl methyl sites for hydroxylation is 2. The second kappa shape index (κ2) is 8.84. The molecule has 3 N–H and O–H groups in total. The van der Waals surface area contributed by atoms with Crippen molar-refractivity contribution in [2.24, 2.45) is 0 Å². The van der Waals surface area contributed by atoms with Crippen molar-refractivity contribution in [2.75, 3.05) is 29.9 Å². The molecule has 170 valence electrons. The maximum Gasteiger partial charge on any atom is 0.329 e. The minimum Gasteiger partial charge on any atom is -0.359 e. The summed E-state index contributed by atoms with van der Waals surface area (Å²) < 4.78 is 0.701. The van der Waals surface area contributed by atoms with Crippen LogP contribution in [0.5, 0.6) is 0 Å². The summed E-state index contributed by atoms with van der Waals surface area (Å²) in [6.45, 7) is 8.35. The molecule has 2 unspecified atom stereocenters. The number of benzene rings is 2. The van der Waals surface area contributed by atoms with Crippen molar-refractivity contribution < 1.29 is 14.7 Å². The van der Waals surface area contributed by atoms with Crippen LogP contribution < -0.4 is 15.5 Å². The number of fused-ring (bicyclic) bond motifs is 1. The molecule has 1 saturated heterocycles. The summed E-state index contributed by atoms with van der Waals surface area (Å²) in [6.07, 6.45) is 2.08. The molecule has 8 heteroatoms. The lowest BCUT2D eigenvalue weighted by Gasteiger charge is -2.43. The molecule has 2 aromatic carbocycles. The van der Waals surface area contributed by atoms with Crippen LogP contribution in [0, 0.1) is 13.8 Å². The lowest BCUT2D eigenvalue weighted by Crippen LogP contribution is -2.63. The second-order valence-corrected chi connectivity index (χ2v) is 9.45. The van der Waals surface area contributed by atoms with Gasteiger partial charge in [-0.3, -0.25) is 14.6 Å². The lowest BCUT2D eigenvalue weighted by atomic mass is 9.94. The summed E-state index contributed by atoms with van der Waals surface area (Å²) in [5.74, 6) is -0.618. The van der Waals surface area contributed by atoms with E-state index in [0.717, 1.165) is 42.0 Å². The number of nitrogens with zero attached hydrogens (tertiary/aromatic N) is 2. The van der Waals surface area contributed by atoms with Gasteiger partial charge in [0.25, 0.3) is 11.6 Å². The van der Waals surface area contributed by atoms with E-state index in [0.29, 0.717) is 28.0 Å². The first-order valence-electron chi connectivity index (χ1n) is 11.0. The van der Waals surface area contributed by atoms with E-state index in [1.54, 1.807) is 24.3 Å². The quantitative estimate of drug-likeness (QED) is 0.581. The zero-order valence-electron chi connectivity index (χ0n) is 18.6. The summed E-state index contributed by atoms with van der Waals surface area (Å²) in [4.78, 5) is 30.3. The number of carbonyl (C=O) groups is 2. The average Bonchev–Trinajstić information content (AvgIpc) is 3.22. The smallest absolute Gasteiger partial charge is 0.329 e. The largest absolute Gasteiger partial charge is 0.359 e. The lowest BCUT2D eigenvalue weighted by molar-refractivity contribution is -0.140. The molecule has 2 aromatic rings. The minimum atomic E-state index is -2.20. The van der Waals surface area contributed by atoms with Crippen LogP contribution in [0.2, 0.25) is 0 Å². The first-order chi connectivity index (χ1) is 15.3. The monoisotopic (exact) mass is 500 g/mol. The molecule has 2 heterocycles. The van der Waals surface area contributed by atoms with E-state index in [-0.39, 0.29) is 6.04 Å². The predicted molar refractivity (Wildman–Crippen MR) is 129 cm³/mol. The molecule has 1 fully saturated rings. The summed E-state index contributed by atoms with van der Waals surface area (Å²) >= 11 is 3.43. The molecule has 7 nitrogen and oxygen atoms in total. The van der Waals surface area contributed by atoms with Crippen LogP contribution in [0.1, 0.15) is 36.5 Å². The number of anilines is 2. The SMILES string of the molecule is CCN1CCCC1CNC(=O)C1(O)c2cc(Br)ccc2NC(=O)N1c1ccc(C)c(C)c1. The number of aliphatic hydroxyl groups is 1. The van der Waals surface area contributed by atoms with E-state index in [4.69, 9.17) is 0 Å². The molecule has 0 radical (unpaired) electrons. The highest BCUT2D eigenvalue weighted by Gasteiger charge is 2.52. The molecule has 0 aromatic heterocycles. The highest BCUT2D eigenvalue weighted by Crippen LogP contribution is 2.41. The van der Waals surface area contributed by atoms with Gasteiger partial charge in [0.15, 0.2) is 0 Å². The Morgan fingerprint density at radius 2 is 2.03 bits per heavy atom. The molecule has 0 bridgehead atoms. The van der Waals surface area contributed by atoms with Crippen LogP contribution in [0.4, 0.5) is 16.2 Å². The fourth-order valence-electron chi connectivity index (χ4n) is 4.62. The first-order valence-corrected chi connectivity index (χ1v) is 11.8. The Labute approximate surface area is 196 Å². The molecule has 3 amide bonds. The van der Waals surface area contributed by atoms with Gasteiger partial charge >= 0.3 is 6.03 Å². The van der Waals surface area contributed by atoms with Gasteiger partial charge in [-0.05, 0) is 81.2 Å². The van der Waals surface area contributed by atoms with Crippen LogP contribution in [-0.2, 0) is 10.5 Å². The Balaban J connectivity index is 1.75. The van der Waals surface area contributed by atoms with Crippen molar-refractivity contribution in [1.29, 1.82) is 0 Å². The standard InChI is InChI=1S/C24H29BrN4O3/c1-4-28-11-5-6-19(28)14-26-22(30)24(32)20-13-17(25)8-10-21(20)27-23(31)29(24)18-9-7-15(2)16(3)12-18/h7-10,12-13,19,32H,4-6,11,14H2,1-3H3,(H,26,30)(H,27,31). The van der Waals surface area contributed by atoms with Crippen LogP contribution in [0.25, 0.3) is 0 Å². The third-order valence-corrected chi connectivity index (χ3v) is 7.09. The average molecular weight is 501 g/mol. The Kier molecular flexibility index (Phi) is 6.29. The van der Waals surface area contributed by atoms with Crippen molar-refractivity contribution in [3.05, 3.63) is 57.6 Å². The molecule has 2 aliphatic rings. The van der Waals surface area contributed by atoms with Crippen molar-refractivity contribution in [3.63, 3.8) is 0 Å². The maximum atomic E-state index is 13.6. The summed E-state index contributed by atoms with van der Waals surface area (Å²) in [7, 11) is 0. The van der Waals surface area contributed by atoms with E-state index >= 15 is 0 Å². The molecular formula is C24H29BrN4O3. The molecule has 2 atom stereocenters. The Bertz CT molecular complexity index is 1060. The van der Waals surface area contributed by atoms with Crippen molar-refractivity contribution in [2.45, 2.75) is 45.4 Å². The van der Waals surface area contributed by atoms with E-state index in [9.17, 15) is 14.7 Å². The van der Waals surface area contributed by atoms with Gasteiger partial charge in [-0.2, -0.15) is 0 Å². The predicted octanol–water partition coefficient (Wildman–Crippen LogP) is 3.86. The highest BCUT2D eigenvalue weighted by atomic mass is 79.9. The normalized spacial score (nSPS) is 23.1. The molecule has 2 aliphatic heterocycles. The van der Waals surface area contributed by atoms with Gasteiger partial charge in [0.1, 0.15) is 0 Å². The molecule has 0 saturated carbocycles. The van der Waals surface area contributed by atoms with Crippen LogP contribution >= 0.6 is 15.9 Å². The Morgan fingerprint density at radius 1 is 1.25 bits per heavy atom. The fraction of sp³-hybridized carbons (Fsp3) is 0.417. The van der Waals surface area contributed by atoms with Crippen molar-refractivity contribution in [3.8, 4) is 0 Å². The van der Waals surface area contributed by atoms with Crippen LogP contribution in [0.3, 0.4) is 0 Å². The number of likely N-dealkylation sites (tertiary alicyclic amines) is 1. The van der Waals surface area contributed by atoms with Gasteiger partial charge in [0, 0.05) is 28.3 Å². The highest BCUT2D eigenvalue weighted by molar-refractivity contribution is 9.10. The Hall–Kier alpha value is -2.42. The van der Waals surface area contributed by atoms with Crippen molar-refractivity contribution >= 4 is 39.2 Å². The number of amides is 3. The number of urea groups is 1. The topological polar surface area (TPSA) is 84.9 Å². The molecular weight excluding hydrogens is 472 g/mol. The minimum absolute atomic E-state index is 0.224. The van der Waals surface area contributed by atoms with Gasteiger partial charge in [-0.25, -0.2) is 4.79 Å². The number of hydrogen-bond donors (Lipinski definition) is 3. The zero-order valence-corrected chi connectivity index (χ0v) is 20.2. The summed E-state index contributed by atoms with van der Waals surface area (Å²) in [6, 6.07) is 10.2. The van der Waals surface area contributed by atoms with E-state index in [1.165, 1.54) is 0 Å². The Morgan fingerprint density at radius 3 is 2.75 bits per heavy atom. The first kappa shape index (κ1) is 22.8. The fourth-order valence-corrected chi connectivity index (χ4v) is 4.98. The number of nitrogens with one attached hydrogen (secondary N) is 2. The molecule has 0 spiro atoms. The van der Waals surface area contributed by atoms with E-state index in [2.05, 4.69) is 38.4 Å². The van der Waals surface area contributed by atoms with Crippen LogP contribution in [-0.4, -0.2) is 47.6 Å². The number of rotatable bonds is 5. The van der Waals surface area contributed by atoms with Crippen molar-refractivity contribution in [1.82, 2.24) is 10.2 Å². The number of halogens is 1. The number of carbonyl (C=O) groups excluding carboxylic acids is 2. The van der Waals surface area contributed by atoms with Gasteiger partial charge in [-0.1, -0.05) is 28.9 Å². The maximum absolute atomic E-state index is 13.6.